The second kappa shape index (κ2) is 5.19. The Kier molecular flexibility index (Phi) is 3.64. The Balaban J connectivity index is 2.17. The third kappa shape index (κ3) is 2.77. The van der Waals surface area contributed by atoms with Crippen molar-refractivity contribution in [1.82, 2.24) is 0 Å². The van der Waals surface area contributed by atoms with Gasteiger partial charge in [0.15, 0.2) is 17.3 Å². The van der Waals surface area contributed by atoms with Gasteiger partial charge in [-0.3, -0.25) is 4.79 Å². The van der Waals surface area contributed by atoms with Crippen molar-refractivity contribution in [1.29, 1.82) is 0 Å². The minimum atomic E-state index is -0.0824. The SMILES string of the molecule is CC(C)OCC(=O)c1cccc2c1OCCO2. The molecule has 17 heavy (non-hydrogen) atoms. The minimum absolute atomic E-state index is 0.0376. The van der Waals surface area contributed by atoms with Crippen molar-refractivity contribution in [2.45, 2.75) is 20.0 Å². The predicted octanol–water partition coefficient (Wildman–Crippen LogP) is 2.07. The van der Waals surface area contributed by atoms with Crippen LogP contribution in [-0.2, 0) is 4.74 Å². The van der Waals surface area contributed by atoms with E-state index in [9.17, 15) is 4.79 Å². The van der Waals surface area contributed by atoms with Crippen LogP contribution in [0.5, 0.6) is 11.5 Å². The summed E-state index contributed by atoms with van der Waals surface area (Å²) in [5, 5.41) is 0. The summed E-state index contributed by atoms with van der Waals surface area (Å²) in [6.45, 7) is 4.85. The van der Waals surface area contributed by atoms with Gasteiger partial charge in [0.25, 0.3) is 0 Å². The molecular weight excluding hydrogens is 220 g/mol. The summed E-state index contributed by atoms with van der Waals surface area (Å²) in [4.78, 5) is 12.0. The lowest BCUT2D eigenvalue weighted by Crippen LogP contribution is -2.20. The standard InChI is InChI=1S/C13H16O4/c1-9(2)17-8-11(14)10-4-3-5-12-13(10)16-7-6-15-12/h3-5,9H,6-8H2,1-2H3. The number of carbonyl (C=O) groups excluding carboxylic acids is 1. The highest BCUT2D eigenvalue weighted by atomic mass is 16.6. The molecule has 0 radical (unpaired) electrons. The zero-order valence-electron chi connectivity index (χ0n) is 10.1. The Morgan fingerprint density at radius 2 is 2.12 bits per heavy atom. The van der Waals surface area contributed by atoms with Gasteiger partial charge in [0.05, 0.1) is 11.7 Å². The third-order valence-corrected chi connectivity index (χ3v) is 2.41. The average Bonchev–Trinajstić information content (AvgIpc) is 2.35. The highest BCUT2D eigenvalue weighted by Gasteiger charge is 2.20. The van der Waals surface area contributed by atoms with E-state index in [4.69, 9.17) is 14.2 Å². The predicted molar refractivity (Wildman–Crippen MR) is 62.9 cm³/mol. The number of fused-ring (bicyclic) bond motifs is 1. The Bertz CT molecular complexity index is 412. The molecule has 0 aromatic heterocycles. The first-order valence-electron chi connectivity index (χ1n) is 5.72. The first-order valence-corrected chi connectivity index (χ1v) is 5.72. The van der Waals surface area contributed by atoms with Gasteiger partial charge in [0, 0.05) is 0 Å². The monoisotopic (exact) mass is 236 g/mol. The smallest absolute Gasteiger partial charge is 0.192 e. The Labute approximate surface area is 100 Å². The zero-order chi connectivity index (χ0) is 12.3. The second-order valence-electron chi connectivity index (χ2n) is 4.11. The molecule has 0 fully saturated rings. The normalized spacial score (nSPS) is 13.8. The largest absolute Gasteiger partial charge is 0.486 e. The molecule has 0 saturated carbocycles. The van der Waals surface area contributed by atoms with Crippen LogP contribution in [0, 0.1) is 0 Å². The number of Topliss-reactive ketones (excluding diaryl/α,β-unsaturated/α-hetero) is 1. The third-order valence-electron chi connectivity index (χ3n) is 2.41. The summed E-state index contributed by atoms with van der Waals surface area (Å²) in [6.07, 6.45) is 0.0376. The highest BCUT2D eigenvalue weighted by Crippen LogP contribution is 2.33. The molecule has 4 nitrogen and oxygen atoms in total. The van der Waals surface area contributed by atoms with Crippen LogP contribution in [0.2, 0.25) is 0 Å². The minimum Gasteiger partial charge on any atom is -0.486 e. The van der Waals surface area contributed by atoms with Crippen LogP contribution in [0.4, 0.5) is 0 Å². The number of hydrogen-bond donors (Lipinski definition) is 0. The molecule has 1 aliphatic heterocycles. The lowest BCUT2D eigenvalue weighted by atomic mass is 10.1. The summed E-state index contributed by atoms with van der Waals surface area (Å²) in [6, 6.07) is 5.32. The van der Waals surface area contributed by atoms with Crippen LogP contribution >= 0.6 is 0 Å². The molecule has 92 valence electrons. The lowest BCUT2D eigenvalue weighted by molar-refractivity contribution is 0.0578. The van der Waals surface area contributed by atoms with E-state index in [-0.39, 0.29) is 18.5 Å². The number of ether oxygens (including phenoxy) is 3. The lowest BCUT2D eigenvalue weighted by Gasteiger charge is -2.20. The number of ketones is 1. The van der Waals surface area contributed by atoms with Gasteiger partial charge in [-0.15, -0.1) is 0 Å². The van der Waals surface area contributed by atoms with Gasteiger partial charge >= 0.3 is 0 Å². The summed E-state index contributed by atoms with van der Waals surface area (Å²) in [7, 11) is 0. The van der Waals surface area contributed by atoms with Crippen molar-refractivity contribution in [3.8, 4) is 11.5 Å². The number of rotatable bonds is 4. The van der Waals surface area contributed by atoms with Crippen LogP contribution < -0.4 is 9.47 Å². The number of carbonyl (C=O) groups is 1. The van der Waals surface area contributed by atoms with Gasteiger partial charge in [-0.2, -0.15) is 0 Å². The summed E-state index contributed by atoms with van der Waals surface area (Å²) < 4.78 is 16.2. The van der Waals surface area contributed by atoms with Gasteiger partial charge in [-0.25, -0.2) is 0 Å². The van der Waals surface area contributed by atoms with Crippen LogP contribution in [0.1, 0.15) is 24.2 Å². The van der Waals surface area contributed by atoms with Crippen molar-refractivity contribution >= 4 is 5.78 Å². The van der Waals surface area contributed by atoms with Crippen molar-refractivity contribution in [2.75, 3.05) is 19.8 Å². The molecule has 1 aliphatic rings. The molecule has 1 aromatic carbocycles. The molecule has 0 amide bonds. The van der Waals surface area contributed by atoms with Gasteiger partial charge in [-0.1, -0.05) is 6.07 Å². The van der Waals surface area contributed by atoms with Gasteiger partial charge in [0.2, 0.25) is 0 Å². The van der Waals surface area contributed by atoms with Crippen LogP contribution in [0.3, 0.4) is 0 Å². The molecule has 0 bridgehead atoms. The maximum Gasteiger partial charge on any atom is 0.192 e. The summed E-state index contributed by atoms with van der Waals surface area (Å²) in [5.74, 6) is 1.09. The number of benzene rings is 1. The molecule has 0 atom stereocenters. The zero-order valence-corrected chi connectivity index (χ0v) is 10.1. The fourth-order valence-electron chi connectivity index (χ4n) is 1.61. The molecule has 2 rings (SSSR count). The molecule has 0 aliphatic carbocycles. The quantitative estimate of drug-likeness (QED) is 0.751. The average molecular weight is 236 g/mol. The molecule has 0 N–H and O–H groups in total. The van der Waals surface area contributed by atoms with Crippen LogP contribution in [-0.4, -0.2) is 31.7 Å². The molecule has 4 heteroatoms. The van der Waals surface area contributed by atoms with Crippen molar-refractivity contribution in [2.24, 2.45) is 0 Å². The van der Waals surface area contributed by atoms with E-state index < -0.39 is 0 Å². The van der Waals surface area contributed by atoms with E-state index in [2.05, 4.69) is 0 Å². The Morgan fingerprint density at radius 1 is 1.35 bits per heavy atom. The van der Waals surface area contributed by atoms with E-state index >= 15 is 0 Å². The first-order chi connectivity index (χ1) is 8.18. The first kappa shape index (κ1) is 11.9. The Morgan fingerprint density at radius 3 is 2.88 bits per heavy atom. The molecular formula is C13H16O4. The van der Waals surface area contributed by atoms with E-state index in [0.717, 1.165) is 0 Å². The van der Waals surface area contributed by atoms with Crippen molar-refractivity contribution in [3.05, 3.63) is 23.8 Å². The van der Waals surface area contributed by atoms with Crippen molar-refractivity contribution < 1.29 is 19.0 Å². The molecule has 0 unspecified atom stereocenters. The van der Waals surface area contributed by atoms with Crippen LogP contribution in [0.15, 0.2) is 18.2 Å². The molecule has 1 aromatic rings. The molecule has 0 saturated heterocycles. The molecule has 1 heterocycles. The maximum atomic E-state index is 12.0. The molecule has 0 spiro atoms. The van der Waals surface area contributed by atoms with E-state index in [1.54, 1.807) is 18.2 Å². The topological polar surface area (TPSA) is 44.8 Å². The maximum absolute atomic E-state index is 12.0. The summed E-state index contributed by atoms with van der Waals surface area (Å²) >= 11 is 0. The Hall–Kier alpha value is -1.55. The van der Waals surface area contributed by atoms with E-state index in [0.29, 0.717) is 30.3 Å². The number of para-hydroxylation sites is 1. The highest BCUT2D eigenvalue weighted by molar-refractivity contribution is 6.00. The van der Waals surface area contributed by atoms with Gasteiger partial charge in [0.1, 0.15) is 19.8 Å². The fraction of sp³-hybridized carbons (Fsp3) is 0.462. The van der Waals surface area contributed by atoms with Crippen LogP contribution in [0.25, 0.3) is 0 Å². The van der Waals surface area contributed by atoms with E-state index in [1.165, 1.54) is 0 Å². The van der Waals surface area contributed by atoms with E-state index in [1.807, 2.05) is 13.8 Å². The summed E-state index contributed by atoms with van der Waals surface area (Å²) in [5.41, 5.74) is 0.530. The van der Waals surface area contributed by atoms with Gasteiger partial charge < -0.3 is 14.2 Å². The number of hydrogen-bond acceptors (Lipinski definition) is 4. The second-order valence-corrected chi connectivity index (χ2v) is 4.11. The van der Waals surface area contributed by atoms with Crippen molar-refractivity contribution in [3.63, 3.8) is 0 Å². The van der Waals surface area contributed by atoms with Gasteiger partial charge in [-0.05, 0) is 26.0 Å². The fourth-order valence-corrected chi connectivity index (χ4v) is 1.61.